The molecule has 0 N–H and O–H groups in total. The van der Waals surface area contributed by atoms with E-state index in [9.17, 15) is 0 Å². The van der Waals surface area contributed by atoms with Gasteiger partial charge in [0.1, 0.15) is 17.1 Å². The van der Waals surface area contributed by atoms with Crippen LogP contribution in [0.1, 0.15) is 13.3 Å². The Kier molecular flexibility index (Phi) is 5.97. The molecule has 2 heteroatoms. The van der Waals surface area contributed by atoms with Gasteiger partial charge in [0.2, 0.25) is 0 Å². The van der Waals surface area contributed by atoms with Crippen LogP contribution >= 0.6 is 0 Å². The first-order chi connectivity index (χ1) is 10.9. The van der Waals surface area contributed by atoms with Gasteiger partial charge >= 0.3 is 0 Å². The number of benzene rings is 3. The van der Waals surface area contributed by atoms with E-state index in [0.717, 1.165) is 17.4 Å². The van der Waals surface area contributed by atoms with Gasteiger partial charge in [-0.15, -0.1) is 0 Å². The van der Waals surface area contributed by atoms with Crippen molar-refractivity contribution >= 4 is 17.1 Å². The normalized spacial score (nSPS) is 10.8. The highest BCUT2D eigenvalue weighted by molar-refractivity contribution is 5.70. The lowest BCUT2D eigenvalue weighted by molar-refractivity contribution is -0.00000437. The molecule has 118 valence electrons. The van der Waals surface area contributed by atoms with Crippen LogP contribution in [-0.4, -0.2) is 6.54 Å². The van der Waals surface area contributed by atoms with Crippen molar-refractivity contribution in [1.82, 2.24) is 4.48 Å². The summed E-state index contributed by atoms with van der Waals surface area (Å²) in [7, 11) is 0. The molecule has 0 aliphatic heterocycles. The number of quaternary nitrogens is 1. The van der Waals surface area contributed by atoms with Crippen LogP contribution < -0.4 is 16.9 Å². The minimum Gasteiger partial charge on any atom is -1.00 e. The van der Waals surface area contributed by atoms with Gasteiger partial charge in [-0.1, -0.05) is 61.5 Å². The Morgan fingerprint density at radius 2 is 0.870 bits per heavy atom. The summed E-state index contributed by atoms with van der Waals surface area (Å²) in [6.07, 6.45) is 1.11. The van der Waals surface area contributed by atoms with Crippen LogP contribution in [0.2, 0.25) is 0 Å². The molecule has 0 aliphatic rings. The van der Waals surface area contributed by atoms with E-state index in [0.29, 0.717) is 0 Å². The van der Waals surface area contributed by atoms with Crippen molar-refractivity contribution in [3.8, 4) is 0 Å². The van der Waals surface area contributed by atoms with Crippen molar-refractivity contribution < 1.29 is 12.4 Å². The van der Waals surface area contributed by atoms with Crippen LogP contribution in [0.5, 0.6) is 0 Å². The molecule has 0 amide bonds. The lowest BCUT2D eigenvalue weighted by Crippen LogP contribution is -3.00. The maximum Gasteiger partial charge on any atom is 0.143 e. The molecule has 0 saturated carbocycles. The molecule has 0 atom stereocenters. The lowest BCUT2D eigenvalue weighted by atomic mass is 10.1. The Morgan fingerprint density at radius 1 is 0.565 bits per heavy atom. The predicted octanol–water partition coefficient (Wildman–Crippen LogP) is 3.07. The van der Waals surface area contributed by atoms with Gasteiger partial charge in [-0.2, -0.15) is 0 Å². The summed E-state index contributed by atoms with van der Waals surface area (Å²) in [4.78, 5) is 0. The number of halogens is 1. The second-order valence-corrected chi connectivity index (χ2v) is 5.54. The molecule has 3 rings (SSSR count). The fourth-order valence-electron chi connectivity index (χ4n) is 3.22. The third kappa shape index (κ3) is 3.31. The summed E-state index contributed by atoms with van der Waals surface area (Å²) < 4.78 is 0.763. The third-order valence-corrected chi connectivity index (χ3v) is 4.15. The lowest BCUT2D eigenvalue weighted by Gasteiger charge is -2.37. The minimum atomic E-state index is 0. The van der Waals surface area contributed by atoms with E-state index in [4.69, 9.17) is 0 Å². The van der Waals surface area contributed by atoms with Crippen molar-refractivity contribution in [2.24, 2.45) is 0 Å². The zero-order valence-electron chi connectivity index (χ0n) is 13.4. The first-order valence-corrected chi connectivity index (χ1v) is 7.93. The van der Waals surface area contributed by atoms with Crippen molar-refractivity contribution in [2.45, 2.75) is 13.3 Å². The Labute approximate surface area is 145 Å². The summed E-state index contributed by atoms with van der Waals surface area (Å²) in [5, 5.41) is 0. The minimum absolute atomic E-state index is 0. The van der Waals surface area contributed by atoms with Crippen molar-refractivity contribution in [1.29, 1.82) is 0 Å². The zero-order valence-corrected chi connectivity index (χ0v) is 14.2. The highest BCUT2D eigenvalue weighted by atomic mass is 35.5. The van der Waals surface area contributed by atoms with Gasteiger partial charge in [0, 0.05) is 0 Å². The second kappa shape index (κ2) is 7.96. The molecule has 23 heavy (non-hydrogen) atoms. The molecule has 0 saturated heterocycles. The van der Waals surface area contributed by atoms with Crippen molar-refractivity contribution in [3.05, 3.63) is 91.0 Å². The van der Waals surface area contributed by atoms with Crippen molar-refractivity contribution in [3.63, 3.8) is 0 Å². The standard InChI is InChI=1S/C21H22N.ClH/c1-2-18-22(19-12-6-3-7-13-19,20-14-8-4-9-15-20)21-16-10-5-11-17-21;/h3-17H,2,18H2,1H3;1H/q+1;/p-1. The van der Waals surface area contributed by atoms with Crippen LogP contribution in [0.3, 0.4) is 0 Å². The number of para-hydroxylation sites is 3. The van der Waals surface area contributed by atoms with E-state index in [1.165, 1.54) is 17.1 Å². The van der Waals surface area contributed by atoms with Gasteiger partial charge in [-0.05, 0) is 42.8 Å². The molecule has 0 spiro atoms. The quantitative estimate of drug-likeness (QED) is 0.633. The Morgan fingerprint density at radius 3 is 1.13 bits per heavy atom. The number of hydrogen-bond acceptors (Lipinski definition) is 0. The highest BCUT2D eigenvalue weighted by Gasteiger charge is 2.34. The van der Waals surface area contributed by atoms with E-state index in [-0.39, 0.29) is 12.4 Å². The number of rotatable bonds is 5. The maximum absolute atomic E-state index is 2.25. The first-order valence-electron chi connectivity index (χ1n) is 7.93. The molecule has 3 aromatic carbocycles. The average molecular weight is 324 g/mol. The van der Waals surface area contributed by atoms with Gasteiger partial charge < -0.3 is 12.4 Å². The third-order valence-electron chi connectivity index (χ3n) is 4.15. The molecule has 0 bridgehead atoms. The monoisotopic (exact) mass is 323 g/mol. The summed E-state index contributed by atoms with van der Waals surface area (Å²) >= 11 is 0. The Hall–Kier alpha value is -2.09. The molecule has 3 aromatic rings. The second-order valence-electron chi connectivity index (χ2n) is 5.54. The molecule has 0 fully saturated rings. The highest BCUT2D eigenvalue weighted by Crippen LogP contribution is 2.43. The number of nitrogens with zero attached hydrogens (tertiary/aromatic N) is 1. The van der Waals surface area contributed by atoms with Gasteiger partial charge in [0.25, 0.3) is 0 Å². The van der Waals surface area contributed by atoms with Crippen LogP contribution in [0.15, 0.2) is 91.0 Å². The number of hydrogen-bond donors (Lipinski definition) is 0. The van der Waals surface area contributed by atoms with E-state index < -0.39 is 0 Å². The molecule has 1 nitrogen and oxygen atoms in total. The Bertz CT molecular complexity index is 599. The SMILES string of the molecule is CCC[N+](c1ccccc1)(c1ccccc1)c1ccccc1.[Cl-]. The summed E-state index contributed by atoms with van der Waals surface area (Å²) in [6, 6.07) is 32.4. The van der Waals surface area contributed by atoms with Gasteiger partial charge in [-0.3, -0.25) is 0 Å². The van der Waals surface area contributed by atoms with Gasteiger partial charge in [-0.25, -0.2) is 4.48 Å². The van der Waals surface area contributed by atoms with Crippen LogP contribution in [0.4, 0.5) is 17.1 Å². The van der Waals surface area contributed by atoms with Gasteiger partial charge in [0.15, 0.2) is 0 Å². The van der Waals surface area contributed by atoms with E-state index in [1.54, 1.807) is 0 Å². The van der Waals surface area contributed by atoms with E-state index >= 15 is 0 Å². The first kappa shape index (κ1) is 17.3. The van der Waals surface area contributed by atoms with E-state index in [2.05, 4.69) is 97.9 Å². The van der Waals surface area contributed by atoms with Crippen LogP contribution in [0.25, 0.3) is 0 Å². The molecular formula is C21H22ClN. The van der Waals surface area contributed by atoms with E-state index in [1.807, 2.05) is 0 Å². The summed E-state index contributed by atoms with van der Waals surface area (Å²) in [6.45, 7) is 3.29. The summed E-state index contributed by atoms with van der Waals surface area (Å²) in [5.41, 5.74) is 3.92. The molecule has 0 aromatic heterocycles. The molecule has 0 unspecified atom stereocenters. The maximum atomic E-state index is 2.25. The van der Waals surface area contributed by atoms with Crippen molar-refractivity contribution in [2.75, 3.05) is 6.54 Å². The molecule has 0 aliphatic carbocycles. The molecule has 0 radical (unpaired) electrons. The zero-order chi connectivity index (χ0) is 15.3. The average Bonchev–Trinajstić information content (AvgIpc) is 2.62. The summed E-state index contributed by atoms with van der Waals surface area (Å²) in [5.74, 6) is 0. The Balaban J connectivity index is 0.00000192. The molecular weight excluding hydrogens is 302 g/mol. The van der Waals surface area contributed by atoms with Gasteiger partial charge in [0.05, 0.1) is 6.54 Å². The fourth-order valence-corrected chi connectivity index (χ4v) is 3.22. The largest absolute Gasteiger partial charge is 1.00 e. The molecule has 0 heterocycles. The predicted molar refractivity (Wildman–Crippen MR) is 95.6 cm³/mol. The van der Waals surface area contributed by atoms with Crippen LogP contribution in [-0.2, 0) is 0 Å². The fraction of sp³-hybridized carbons (Fsp3) is 0.143. The van der Waals surface area contributed by atoms with Crippen LogP contribution in [0, 0.1) is 0 Å². The smallest absolute Gasteiger partial charge is 0.143 e. The topological polar surface area (TPSA) is 0 Å².